The van der Waals surface area contributed by atoms with E-state index in [2.05, 4.69) is 44.3 Å². The van der Waals surface area contributed by atoms with E-state index in [9.17, 15) is 4.79 Å². The molecule has 0 saturated carbocycles. The second kappa shape index (κ2) is 6.66. The smallest absolute Gasteiger partial charge is 0.252 e. The molecule has 8 heteroatoms. The highest BCUT2D eigenvalue weighted by Crippen LogP contribution is 2.23. The summed E-state index contributed by atoms with van der Waals surface area (Å²) in [5, 5.41) is 11.6. The molecule has 1 amide bonds. The van der Waals surface area contributed by atoms with Crippen molar-refractivity contribution in [3.05, 3.63) is 46.3 Å². The van der Waals surface area contributed by atoms with Gasteiger partial charge in [-0.05, 0) is 12.0 Å². The molecule has 3 aromatic heterocycles. The minimum absolute atomic E-state index is 0.120. The average Bonchev–Trinajstić information content (AvgIpc) is 3.23. The first-order chi connectivity index (χ1) is 11.1. The molecule has 0 atom stereocenters. The Morgan fingerprint density at radius 2 is 2.26 bits per heavy atom. The molecule has 0 unspecified atom stereocenters. The van der Waals surface area contributed by atoms with Gasteiger partial charge in [0.25, 0.3) is 5.91 Å². The minimum Gasteiger partial charge on any atom is -0.345 e. The Labute approximate surface area is 137 Å². The van der Waals surface area contributed by atoms with Crippen molar-refractivity contribution >= 4 is 17.2 Å². The fourth-order valence-corrected chi connectivity index (χ4v) is 2.85. The van der Waals surface area contributed by atoms with Crippen LogP contribution >= 0.6 is 11.3 Å². The zero-order valence-corrected chi connectivity index (χ0v) is 13.6. The quantitative estimate of drug-likeness (QED) is 0.749. The van der Waals surface area contributed by atoms with Crippen molar-refractivity contribution in [1.29, 1.82) is 0 Å². The molecular weight excluding hydrogens is 312 g/mol. The third-order valence-electron chi connectivity index (χ3n) is 3.19. The molecule has 3 aromatic rings. The number of thiophene rings is 1. The first kappa shape index (κ1) is 15.3. The third kappa shape index (κ3) is 3.59. The molecule has 2 N–H and O–H groups in total. The van der Waals surface area contributed by atoms with Crippen LogP contribution in [0, 0.1) is 0 Å². The minimum atomic E-state index is -0.120. The molecule has 0 aromatic carbocycles. The molecule has 0 saturated heterocycles. The molecule has 3 rings (SSSR count). The fraction of sp³-hybridized carbons (Fsp3) is 0.267. The summed E-state index contributed by atoms with van der Waals surface area (Å²) < 4.78 is 0. The number of rotatable bonds is 5. The number of nitrogens with one attached hydrogen (secondary N) is 2. The summed E-state index contributed by atoms with van der Waals surface area (Å²) in [4.78, 5) is 25.7. The van der Waals surface area contributed by atoms with Crippen LogP contribution in [0.2, 0.25) is 0 Å². The number of carbonyl (C=O) groups excluding carboxylic acids is 1. The summed E-state index contributed by atoms with van der Waals surface area (Å²) in [6.07, 6.45) is 4.75. The molecule has 23 heavy (non-hydrogen) atoms. The van der Waals surface area contributed by atoms with Crippen molar-refractivity contribution in [2.75, 3.05) is 0 Å². The second-order valence-corrected chi connectivity index (χ2v) is 6.21. The standard InChI is InChI=1S/C15H16N6OS/c1-9(2)12-5-10(8-23-12)15(22)18-7-13-19-14(21-20-13)11-6-16-3-4-17-11/h3-6,8-9H,7H2,1-2H3,(H,18,22)(H,19,20,21). The average molecular weight is 328 g/mol. The molecule has 0 bridgehead atoms. The molecule has 0 spiro atoms. The van der Waals surface area contributed by atoms with Gasteiger partial charge in [-0.25, -0.2) is 9.97 Å². The molecule has 118 valence electrons. The van der Waals surface area contributed by atoms with Gasteiger partial charge in [-0.2, -0.15) is 5.10 Å². The van der Waals surface area contributed by atoms with E-state index in [4.69, 9.17) is 0 Å². The van der Waals surface area contributed by atoms with E-state index in [0.29, 0.717) is 28.8 Å². The summed E-state index contributed by atoms with van der Waals surface area (Å²) in [6.45, 7) is 4.49. The fourth-order valence-electron chi connectivity index (χ4n) is 1.94. The molecule has 0 radical (unpaired) electrons. The predicted octanol–water partition coefficient (Wildman–Crippen LogP) is 2.38. The van der Waals surface area contributed by atoms with E-state index in [1.165, 1.54) is 4.88 Å². The third-order valence-corrected chi connectivity index (χ3v) is 4.42. The lowest BCUT2D eigenvalue weighted by atomic mass is 10.1. The van der Waals surface area contributed by atoms with Crippen molar-refractivity contribution in [3.8, 4) is 11.5 Å². The van der Waals surface area contributed by atoms with Crippen LogP contribution < -0.4 is 5.32 Å². The van der Waals surface area contributed by atoms with Crippen molar-refractivity contribution < 1.29 is 4.79 Å². The number of H-pyrrole nitrogens is 1. The van der Waals surface area contributed by atoms with Gasteiger partial charge in [0, 0.05) is 22.7 Å². The monoisotopic (exact) mass is 328 g/mol. The highest BCUT2D eigenvalue weighted by atomic mass is 32.1. The number of carbonyl (C=O) groups is 1. The number of hydrogen-bond acceptors (Lipinski definition) is 6. The molecule has 0 aliphatic heterocycles. The van der Waals surface area contributed by atoms with E-state index in [1.807, 2.05) is 11.4 Å². The molecule has 3 heterocycles. The van der Waals surface area contributed by atoms with Crippen LogP contribution in [0.3, 0.4) is 0 Å². The maximum absolute atomic E-state index is 12.1. The maximum atomic E-state index is 12.1. The first-order valence-electron chi connectivity index (χ1n) is 7.18. The number of amides is 1. The van der Waals surface area contributed by atoms with Crippen molar-refractivity contribution in [3.63, 3.8) is 0 Å². The first-order valence-corrected chi connectivity index (χ1v) is 8.05. The number of hydrogen-bond donors (Lipinski definition) is 2. The summed E-state index contributed by atoms with van der Waals surface area (Å²) in [5.74, 6) is 1.33. The number of aromatic amines is 1. The SMILES string of the molecule is CC(C)c1cc(C(=O)NCc2nc(-c3cnccn3)n[nH]2)cs1. The predicted molar refractivity (Wildman–Crippen MR) is 87.0 cm³/mol. The summed E-state index contributed by atoms with van der Waals surface area (Å²) in [7, 11) is 0. The van der Waals surface area contributed by atoms with Crippen LogP contribution in [0.5, 0.6) is 0 Å². The van der Waals surface area contributed by atoms with Gasteiger partial charge >= 0.3 is 0 Å². The van der Waals surface area contributed by atoms with Crippen LogP contribution in [-0.4, -0.2) is 31.1 Å². The van der Waals surface area contributed by atoms with Crippen molar-refractivity contribution in [2.45, 2.75) is 26.3 Å². The Kier molecular flexibility index (Phi) is 4.42. The number of nitrogens with zero attached hydrogens (tertiary/aromatic N) is 4. The van der Waals surface area contributed by atoms with Crippen LogP contribution in [0.15, 0.2) is 30.0 Å². The normalized spacial score (nSPS) is 10.9. The Balaban J connectivity index is 1.62. The highest BCUT2D eigenvalue weighted by Gasteiger charge is 2.12. The Hall–Kier alpha value is -2.61. The lowest BCUT2D eigenvalue weighted by molar-refractivity contribution is 0.0950. The molecule has 0 aliphatic rings. The van der Waals surface area contributed by atoms with Gasteiger partial charge in [-0.3, -0.25) is 14.9 Å². The lowest BCUT2D eigenvalue weighted by Gasteiger charge is -2.01. The number of aromatic nitrogens is 5. The zero-order chi connectivity index (χ0) is 16.2. The Bertz CT molecular complexity index is 795. The Morgan fingerprint density at radius 1 is 1.39 bits per heavy atom. The van der Waals surface area contributed by atoms with Gasteiger partial charge in [0.05, 0.1) is 18.3 Å². The van der Waals surface area contributed by atoms with E-state index >= 15 is 0 Å². The Morgan fingerprint density at radius 3 is 2.96 bits per heavy atom. The topological polar surface area (TPSA) is 96.5 Å². The molecule has 0 aliphatic carbocycles. The van der Waals surface area contributed by atoms with Crippen LogP contribution in [0.1, 0.15) is 40.8 Å². The van der Waals surface area contributed by atoms with Gasteiger partial charge in [0.1, 0.15) is 11.5 Å². The summed E-state index contributed by atoms with van der Waals surface area (Å²) in [5.41, 5.74) is 1.26. The van der Waals surface area contributed by atoms with E-state index < -0.39 is 0 Å². The van der Waals surface area contributed by atoms with Crippen molar-refractivity contribution in [2.24, 2.45) is 0 Å². The van der Waals surface area contributed by atoms with Gasteiger partial charge in [-0.1, -0.05) is 13.8 Å². The van der Waals surface area contributed by atoms with Gasteiger partial charge in [0.15, 0.2) is 0 Å². The van der Waals surface area contributed by atoms with Gasteiger partial charge in [-0.15, -0.1) is 11.3 Å². The van der Waals surface area contributed by atoms with Crippen LogP contribution in [-0.2, 0) is 6.54 Å². The lowest BCUT2D eigenvalue weighted by Crippen LogP contribution is -2.22. The van der Waals surface area contributed by atoms with E-state index in [1.54, 1.807) is 29.9 Å². The molecule has 7 nitrogen and oxygen atoms in total. The zero-order valence-electron chi connectivity index (χ0n) is 12.8. The van der Waals surface area contributed by atoms with Crippen molar-refractivity contribution in [1.82, 2.24) is 30.5 Å². The van der Waals surface area contributed by atoms with Gasteiger partial charge < -0.3 is 5.32 Å². The summed E-state index contributed by atoms with van der Waals surface area (Å²) >= 11 is 1.60. The van der Waals surface area contributed by atoms with Crippen LogP contribution in [0.25, 0.3) is 11.5 Å². The van der Waals surface area contributed by atoms with E-state index in [0.717, 1.165) is 0 Å². The van der Waals surface area contributed by atoms with E-state index in [-0.39, 0.29) is 12.5 Å². The van der Waals surface area contributed by atoms with Crippen LogP contribution in [0.4, 0.5) is 0 Å². The molecule has 0 fully saturated rings. The maximum Gasteiger partial charge on any atom is 0.252 e. The summed E-state index contributed by atoms with van der Waals surface area (Å²) in [6, 6.07) is 1.93. The molecular formula is C15H16N6OS. The highest BCUT2D eigenvalue weighted by molar-refractivity contribution is 7.10. The largest absolute Gasteiger partial charge is 0.345 e. The second-order valence-electron chi connectivity index (χ2n) is 5.27. The van der Waals surface area contributed by atoms with Gasteiger partial charge in [0.2, 0.25) is 5.82 Å².